The van der Waals surface area contributed by atoms with Crippen molar-refractivity contribution in [2.24, 2.45) is 5.73 Å². The van der Waals surface area contributed by atoms with Crippen molar-refractivity contribution in [1.29, 1.82) is 0 Å². The molecule has 0 bridgehead atoms. The van der Waals surface area contributed by atoms with Gasteiger partial charge in [0.15, 0.2) is 0 Å². The highest BCUT2D eigenvalue weighted by molar-refractivity contribution is 5.89. The number of carboxylic acids is 1. The van der Waals surface area contributed by atoms with Gasteiger partial charge in [0.2, 0.25) is 0 Å². The lowest BCUT2D eigenvalue weighted by Gasteiger charge is -2.16. The second-order valence-corrected chi connectivity index (χ2v) is 4.25. The summed E-state index contributed by atoms with van der Waals surface area (Å²) in [5.74, 6) is -0.862. The first kappa shape index (κ1) is 11.1. The topological polar surface area (TPSA) is 66.6 Å². The van der Waals surface area contributed by atoms with E-state index >= 15 is 0 Å². The molecule has 1 heterocycles. The summed E-state index contributed by atoms with van der Waals surface area (Å²) >= 11 is 0. The van der Waals surface area contributed by atoms with Crippen molar-refractivity contribution < 1.29 is 9.90 Å². The Labute approximate surface area is 94.7 Å². The van der Waals surface area contributed by atoms with Gasteiger partial charge in [-0.25, -0.2) is 4.79 Å². The average molecular weight is 220 g/mol. The SMILES string of the molecule is NC1CCN(Cc2ccccc2C(=O)O)C1. The van der Waals surface area contributed by atoms with E-state index in [1.807, 2.05) is 12.1 Å². The van der Waals surface area contributed by atoms with Crippen molar-refractivity contribution in [3.63, 3.8) is 0 Å². The number of hydrogen-bond donors (Lipinski definition) is 2. The zero-order chi connectivity index (χ0) is 11.5. The number of likely N-dealkylation sites (tertiary alicyclic amines) is 1. The maximum Gasteiger partial charge on any atom is 0.336 e. The summed E-state index contributed by atoms with van der Waals surface area (Å²) < 4.78 is 0. The van der Waals surface area contributed by atoms with Crippen molar-refractivity contribution in [3.05, 3.63) is 35.4 Å². The Bertz CT molecular complexity index is 392. The van der Waals surface area contributed by atoms with Crippen molar-refractivity contribution in [2.75, 3.05) is 13.1 Å². The molecule has 0 aromatic heterocycles. The van der Waals surface area contributed by atoms with Crippen LogP contribution >= 0.6 is 0 Å². The highest BCUT2D eigenvalue weighted by Gasteiger charge is 2.20. The van der Waals surface area contributed by atoms with Gasteiger partial charge in [0.05, 0.1) is 5.56 Å². The molecule has 0 spiro atoms. The lowest BCUT2D eigenvalue weighted by atomic mass is 10.1. The third kappa shape index (κ3) is 2.40. The van der Waals surface area contributed by atoms with E-state index in [-0.39, 0.29) is 6.04 Å². The first-order valence-electron chi connectivity index (χ1n) is 5.46. The lowest BCUT2D eigenvalue weighted by molar-refractivity contribution is 0.0694. The summed E-state index contributed by atoms with van der Waals surface area (Å²) in [7, 11) is 0. The minimum Gasteiger partial charge on any atom is -0.478 e. The molecule has 0 aliphatic carbocycles. The summed E-state index contributed by atoms with van der Waals surface area (Å²) in [4.78, 5) is 13.2. The third-order valence-corrected chi connectivity index (χ3v) is 2.95. The molecule has 1 unspecified atom stereocenters. The fourth-order valence-corrected chi connectivity index (χ4v) is 2.11. The molecule has 1 aliphatic heterocycles. The molecule has 1 aromatic carbocycles. The van der Waals surface area contributed by atoms with Gasteiger partial charge in [0.25, 0.3) is 0 Å². The molecule has 86 valence electrons. The summed E-state index contributed by atoms with van der Waals surface area (Å²) in [6.07, 6.45) is 0.995. The van der Waals surface area contributed by atoms with E-state index in [2.05, 4.69) is 4.90 Å². The normalized spacial score (nSPS) is 21.2. The van der Waals surface area contributed by atoms with Crippen LogP contribution in [-0.4, -0.2) is 35.1 Å². The number of carbonyl (C=O) groups is 1. The van der Waals surface area contributed by atoms with Crippen LogP contribution in [0.2, 0.25) is 0 Å². The first-order chi connectivity index (χ1) is 7.66. The van der Waals surface area contributed by atoms with Crippen molar-refractivity contribution in [3.8, 4) is 0 Å². The molecule has 3 N–H and O–H groups in total. The molecule has 0 radical (unpaired) electrons. The minimum atomic E-state index is -0.862. The molecular formula is C12H16N2O2. The Morgan fingerprint density at radius 3 is 2.88 bits per heavy atom. The van der Waals surface area contributed by atoms with Gasteiger partial charge in [-0.15, -0.1) is 0 Å². The molecule has 4 heteroatoms. The summed E-state index contributed by atoms with van der Waals surface area (Å²) in [6.45, 7) is 2.49. The van der Waals surface area contributed by atoms with Crippen LogP contribution in [0.3, 0.4) is 0 Å². The van der Waals surface area contributed by atoms with E-state index in [4.69, 9.17) is 10.8 Å². The average Bonchev–Trinajstić information content (AvgIpc) is 2.64. The third-order valence-electron chi connectivity index (χ3n) is 2.95. The summed E-state index contributed by atoms with van der Waals surface area (Å²) in [5, 5.41) is 9.05. The van der Waals surface area contributed by atoms with E-state index in [0.29, 0.717) is 12.1 Å². The van der Waals surface area contributed by atoms with Gasteiger partial charge in [-0.2, -0.15) is 0 Å². The van der Waals surface area contributed by atoms with Crippen LogP contribution < -0.4 is 5.73 Å². The zero-order valence-corrected chi connectivity index (χ0v) is 9.10. The summed E-state index contributed by atoms with van der Waals surface area (Å²) in [5.41, 5.74) is 7.08. The second-order valence-electron chi connectivity index (χ2n) is 4.25. The number of benzene rings is 1. The number of rotatable bonds is 3. The van der Waals surface area contributed by atoms with E-state index in [0.717, 1.165) is 25.1 Å². The molecule has 1 saturated heterocycles. The van der Waals surface area contributed by atoms with Gasteiger partial charge >= 0.3 is 5.97 Å². The van der Waals surface area contributed by atoms with E-state index in [1.54, 1.807) is 12.1 Å². The van der Waals surface area contributed by atoms with Crippen LogP contribution in [0.15, 0.2) is 24.3 Å². The number of nitrogens with zero attached hydrogens (tertiary/aromatic N) is 1. The molecule has 1 aliphatic rings. The maximum atomic E-state index is 11.0. The van der Waals surface area contributed by atoms with Gasteiger partial charge in [-0.3, -0.25) is 4.90 Å². The summed E-state index contributed by atoms with van der Waals surface area (Å²) in [6, 6.07) is 7.37. The van der Waals surface area contributed by atoms with Gasteiger partial charge in [-0.1, -0.05) is 18.2 Å². The molecule has 2 rings (SSSR count). The minimum absolute atomic E-state index is 0.233. The molecule has 1 atom stereocenters. The Morgan fingerprint density at radius 2 is 2.25 bits per heavy atom. The van der Waals surface area contributed by atoms with E-state index in [9.17, 15) is 4.79 Å². The van der Waals surface area contributed by atoms with Crippen LogP contribution in [0.4, 0.5) is 0 Å². The monoisotopic (exact) mass is 220 g/mol. The number of carboxylic acid groups (broad SMARTS) is 1. The van der Waals surface area contributed by atoms with Crippen LogP contribution in [0, 0.1) is 0 Å². The number of aromatic carboxylic acids is 1. The molecule has 1 aromatic rings. The first-order valence-corrected chi connectivity index (χ1v) is 5.46. The highest BCUT2D eigenvalue weighted by Crippen LogP contribution is 2.15. The Balaban J connectivity index is 2.12. The quantitative estimate of drug-likeness (QED) is 0.795. The number of hydrogen-bond acceptors (Lipinski definition) is 3. The Morgan fingerprint density at radius 1 is 1.50 bits per heavy atom. The van der Waals surface area contributed by atoms with Crippen LogP contribution in [-0.2, 0) is 6.54 Å². The molecule has 0 amide bonds. The maximum absolute atomic E-state index is 11.0. The second kappa shape index (κ2) is 4.63. The molecule has 4 nitrogen and oxygen atoms in total. The van der Waals surface area contributed by atoms with E-state index < -0.39 is 5.97 Å². The predicted octanol–water partition coefficient (Wildman–Crippen LogP) is 0.918. The smallest absolute Gasteiger partial charge is 0.336 e. The molecule has 1 fully saturated rings. The van der Waals surface area contributed by atoms with Crippen LogP contribution in [0.5, 0.6) is 0 Å². The Kier molecular flexibility index (Phi) is 3.22. The number of nitrogens with two attached hydrogens (primary N) is 1. The fourth-order valence-electron chi connectivity index (χ4n) is 2.11. The van der Waals surface area contributed by atoms with Crippen molar-refractivity contribution in [1.82, 2.24) is 4.90 Å². The van der Waals surface area contributed by atoms with Crippen molar-refractivity contribution in [2.45, 2.75) is 19.0 Å². The standard InChI is InChI=1S/C12H16N2O2/c13-10-5-6-14(8-10)7-9-3-1-2-4-11(9)12(15)16/h1-4,10H,5-8,13H2,(H,15,16). The predicted molar refractivity (Wildman–Crippen MR) is 61.3 cm³/mol. The Hall–Kier alpha value is -1.39. The largest absolute Gasteiger partial charge is 0.478 e. The van der Waals surface area contributed by atoms with Gasteiger partial charge in [0, 0.05) is 25.7 Å². The highest BCUT2D eigenvalue weighted by atomic mass is 16.4. The lowest BCUT2D eigenvalue weighted by Crippen LogP contribution is -2.26. The molecular weight excluding hydrogens is 204 g/mol. The van der Waals surface area contributed by atoms with Gasteiger partial charge < -0.3 is 10.8 Å². The zero-order valence-electron chi connectivity index (χ0n) is 9.10. The van der Waals surface area contributed by atoms with Gasteiger partial charge in [0.1, 0.15) is 0 Å². The molecule has 0 saturated carbocycles. The van der Waals surface area contributed by atoms with Crippen LogP contribution in [0.25, 0.3) is 0 Å². The fraction of sp³-hybridized carbons (Fsp3) is 0.417. The van der Waals surface area contributed by atoms with E-state index in [1.165, 1.54) is 0 Å². The van der Waals surface area contributed by atoms with Gasteiger partial charge in [-0.05, 0) is 18.1 Å². The van der Waals surface area contributed by atoms with Crippen molar-refractivity contribution >= 4 is 5.97 Å². The molecule has 16 heavy (non-hydrogen) atoms. The van der Waals surface area contributed by atoms with Crippen LogP contribution in [0.1, 0.15) is 22.3 Å².